The Morgan fingerprint density at radius 2 is 1.48 bits per heavy atom. The van der Waals surface area contributed by atoms with E-state index in [2.05, 4.69) is 137 Å². The Bertz CT molecular complexity index is 2280. The third kappa shape index (κ3) is 5.81. The molecule has 3 heterocycles. The predicted octanol–water partition coefficient (Wildman–Crippen LogP) is 10.5. The van der Waals surface area contributed by atoms with E-state index in [0.29, 0.717) is 5.69 Å². The smallest absolute Gasteiger partial charge is 0.135 e. The molecule has 0 N–H and O–H groups in total. The zero-order valence-electron chi connectivity index (χ0n) is 32.1. The molecule has 0 saturated heterocycles. The summed E-state index contributed by atoms with van der Waals surface area (Å²) in [5.41, 5.74) is 10.3. The van der Waals surface area contributed by atoms with Crippen molar-refractivity contribution in [2.45, 2.75) is 66.2 Å². The Morgan fingerprint density at radius 1 is 0.771 bits per heavy atom. The molecule has 0 amide bonds. The van der Waals surface area contributed by atoms with E-state index in [1.807, 2.05) is 31.1 Å². The van der Waals surface area contributed by atoms with Crippen molar-refractivity contribution >= 4 is 50.2 Å². The molecule has 6 aromatic rings. The molecule has 0 spiro atoms. The number of benzene rings is 4. The monoisotopic (exact) mass is 816 g/mol. The van der Waals surface area contributed by atoms with E-state index in [4.69, 9.17) is 9.10 Å². The minimum Gasteiger partial charge on any atom is -0.504 e. The summed E-state index contributed by atoms with van der Waals surface area (Å²) in [6, 6.07) is 32.7. The molecule has 0 fully saturated rings. The Morgan fingerprint density at radius 3 is 2.19 bits per heavy atom. The van der Waals surface area contributed by atoms with Crippen LogP contribution < -0.4 is 14.7 Å². The number of pyridine rings is 1. The molecular formula is C42H44N5Pt-3. The summed E-state index contributed by atoms with van der Waals surface area (Å²) in [6.07, 6.45) is 1.89. The number of para-hydroxylation sites is 1. The van der Waals surface area contributed by atoms with Gasteiger partial charge in [0.2, 0.25) is 0 Å². The average molecular weight is 817 g/mol. The Hall–Kier alpha value is -4.08. The SMILES string of the molecule is [2H]C([2H])([2H])N1[CH-]N(c2[c-]c(N(C)c3[c-]c4c(cc3)c3ccccc3n4-c3cc(C(C)(C)C)ccn3)cc(C(C)(C)C)c2)c2cc(C)c(C)cc21.[Pt]. The van der Waals surface area contributed by atoms with Crippen molar-refractivity contribution in [3.05, 3.63) is 120 Å². The fourth-order valence-electron chi connectivity index (χ4n) is 6.34. The van der Waals surface area contributed by atoms with E-state index in [-0.39, 0.29) is 31.9 Å². The van der Waals surface area contributed by atoms with Gasteiger partial charge in [0.25, 0.3) is 0 Å². The fraction of sp³-hybridized carbons (Fsp3) is 0.286. The normalized spacial score (nSPS) is 14.5. The van der Waals surface area contributed by atoms with Crippen molar-refractivity contribution in [2.75, 3.05) is 28.7 Å². The van der Waals surface area contributed by atoms with Crippen molar-refractivity contribution < 1.29 is 25.2 Å². The number of rotatable bonds is 4. The van der Waals surface area contributed by atoms with Gasteiger partial charge in [0.1, 0.15) is 5.82 Å². The van der Waals surface area contributed by atoms with Crippen LogP contribution in [-0.4, -0.2) is 23.6 Å². The number of aromatic nitrogens is 2. The summed E-state index contributed by atoms with van der Waals surface area (Å²) in [5.74, 6) is 0.857. The van der Waals surface area contributed by atoms with Crippen molar-refractivity contribution in [1.29, 1.82) is 0 Å². The van der Waals surface area contributed by atoms with Crippen molar-refractivity contribution in [2.24, 2.45) is 0 Å². The number of aryl methyl sites for hydroxylation is 2. The third-order valence-electron chi connectivity index (χ3n) is 9.44. The van der Waals surface area contributed by atoms with E-state index in [9.17, 15) is 0 Å². The van der Waals surface area contributed by atoms with E-state index >= 15 is 0 Å². The Balaban J connectivity index is 0.00000448. The molecule has 250 valence electrons. The second kappa shape index (κ2) is 12.1. The first-order valence-corrected chi connectivity index (χ1v) is 16.2. The van der Waals surface area contributed by atoms with Crippen LogP contribution in [0.2, 0.25) is 0 Å². The second-order valence-corrected chi connectivity index (χ2v) is 14.8. The second-order valence-electron chi connectivity index (χ2n) is 14.8. The molecular weight excluding hydrogens is 770 g/mol. The maximum Gasteiger partial charge on any atom is 0.135 e. The predicted molar refractivity (Wildman–Crippen MR) is 199 cm³/mol. The quantitative estimate of drug-likeness (QED) is 0.166. The number of nitrogens with zero attached hydrogens (tertiary/aromatic N) is 5. The molecule has 5 nitrogen and oxygen atoms in total. The molecule has 0 saturated carbocycles. The zero-order valence-corrected chi connectivity index (χ0v) is 31.4. The summed E-state index contributed by atoms with van der Waals surface area (Å²) >= 11 is 0. The summed E-state index contributed by atoms with van der Waals surface area (Å²) in [7, 11) is 2.04. The molecule has 0 aliphatic carbocycles. The van der Waals surface area contributed by atoms with Gasteiger partial charge in [0.15, 0.2) is 0 Å². The van der Waals surface area contributed by atoms with E-state index < -0.39 is 6.98 Å². The Kier molecular flexibility index (Phi) is 7.57. The molecule has 6 heteroatoms. The summed E-state index contributed by atoms with van der Waals surface area (Å²) in [5, 5.41) is 2.25. The first-order chi connectivity index (χ1) is 23.4. The topological polar surface area (TPSA) is 27.5 Å². The van der Waals surface area contributed by atoms with Crippen molar-refractivity contribution in [3.63, 3.8) is 0 Å². The molecule has 0 radical (unpaired) electrons. The van der Waals surface area contributed by atoms with Gasteiger partial charge in [-0.25, -0.2) is 4.98 Å². The van der Waals surface area contributed by atoms with Gasteiger partial charge >= 0.3 is 0 Å². The fourth-order valence-corrected chi connectivity index (χ4v) is 6.34. The molecule has 0 bridgehead atoms. The largest absolute Gasteiger partial charge is 0.504 e. The molecule has 0 unspecified atom stereocenters. The van der Waals surface area contributed by atoms with Gasteiger partial charge in [-0.05, 0) is 84.1 Å². The van der Waals surface area contributed by atoms with Gasteiger partial charge in [-0.15, -0.1) is 47.0 Å². The van der Waals surface area contributed by atoms with Crippen LogP contribution in [0, 0.1) is 32.6 Å². The molecule has 2 aromatic heterocycles. The van der Waals surface area contributed by atoms with Gasteiger partial charge in [-0.2, -0.15) is 12.7 Å². The third-order valence-corrected chi connectivity index (χ3v) is 9.44. The summed E-state index contributed by atoms with van der Waals surface area (Å²) in [4.78, 5) is 10.3. The van der Waals surface area contributed by atoms with Gasteiger partial charge in [0.05, 0.1) is 0 Å². The Labute approximate surface area is 304 Å². The number of hydrogen-bond acceptors (Lipinski definition) is 4. The van der Waals surface area contributed by atoms with Gasteiger partial charge in [-0.3, -0.25) is 0 Å². The summed E-state index contributed by atoms with van der Waals surface area (Å²) < 4.78 is 27.1. The maximum absolute atomic E-state index is 8.30. The van der Waals surface area contributed by atoms with Crippen LogP contribution in [0.5, 0.6) is 0 Å². The maximum atomic E-state index is 8.30. The van der Waals surface area contributed by atoms with Crippen LogP contribution in [0.1, 0.15) is 67.9 Å². The number of fused-ring (bicyclic) bond motifs is 4. The molecule has 48 heavy (non-hydrogen) atoms. The van der Waals surface area contributed by atoms with Crippen LogP contribution in [0.3, 0.4) is 0 Å². The van der Waals surface area contributed by atoms with E-state index in [1.165, 1.54) is 10.5 Å². The van der Waals surface area contributed by atoms with Gasteiger partial charge in [-0.1, -0.05) is 76.6 Å². The summed E-state index contributed by atoms with van der Waals surface area (Å²) in [6.45, 7) is 16.6. The first-order valence-electron chi connectivity index (χ1n) is 17.7. The molecule has 0 atom stereocenters. The van der Waals surface area contributed by atoms with Crippen LogP contribution in [0.25, 0.3) is 27.6 Å². The van der Waals surface area contributed by atoms with Gasteiger partial charge < -0.3 is 19.3 Å². The molecule has 7 rings (SSSR count). The molecule has 4 aromatic carbocycles. The number of hydrogen-bond donors (Lipinski definition) is 0. The van der Waals surface area contributed by atoms with Gasteiger partial charge in [0, 0.05) is 55.3 Å². The van der Waals surface area contributed by atoms with Crippen molar-refractivity contribution in [1.82, 2.24) is 9.55 Å². The van der Waals surface area contributed by atoms with E-state index in [0.717, 1.165) is 67.1 Å². The number of anilines is 5. The van der Waals surface area contributed by atoms with E-state index in [1.54, 1.807) is 6.67 Å². The van der Waals surface area contributed by atoms with Crippen LogP contribution >= 0.6 is 0 Å². The van der Waals surface area contributed by atoms with Crippen LogP contribution in [0.15, 0.2) is 79.0 Å². The average Bonchev–Trinajstić information content (AvgIpc) is 3.59. The van der Waals surface area contributed by atoms with Crippen molar-refractivity contribution in [3.8, 4) is 5.82 Å². The van der Waals surface area contributed by atoms with Crippen LogP contribution in [-0.2, 0) is 31.9 Å². The minimum atomic E-state index is -2.34. The minimum absolute atomic E-state index is 0. The standard InChI is InChI=1S/C42H44N5.Pt/c1-27-19-38-39(20-28(27)2)46(26-44(38)9)33-22-30(42(6,7)8)21-32(24-33)45(10)31-15-16-35-34-13-11-12-14-36(34)47(37(35)25-31)40-23-29(17-18-43-40)41(3,4)5;/h11-23,26H,1-10H3;/q-3;/i9D3;. The van der Waals surface area contributed by atoms with Crippen LogP contribution in [0.4, 0.5) is 28.4 Å². The first kappa shape index (κ1) is 30.0. The molecule has 1 aliphatic rings. The zero-order chi connectivity index (χ0) is 35.9. The molecule has 1 aliphatic heterocycles.